The van der Waals surface area contributed by atoms with E-state index < -0.39 is 0 Å². The van der Waals surface area contributed by atoms with Crippen molar-refractivity contribution in [3.05, 3.63) is 52.7 Å². The first kappa shape index (κ1) is 19.6. The number of ether oxygens (including phenoxy) is 1. The van der Waals surface area contributed by atoms with Crippen molar-refractivity contribution in [1.29, 1.82) is 0 Å². The third-order valence-corrected chi connectivity index (χ3v) is 5.03. The fourth-order valence-electron chi connectivity index (χ4n) is 3.20. The molecule has 6 heteroatoms. The van der Waals surface area contributed by atoms with E-state index in [1.54, 1.807) is 6.20 Å². The Balaban J connectivity index is 1.71. The standard InChI is InChI=1S/C21H26ClN3O2/c1-14(2)18-11-20(25-17-5-3-4-16(22)10-17)23-13-19(18)21(26)24-12-15-6-8-27-9-7-15/h3-5,10-11,13-15H,6-9,12H2,1-2H3,(H,23,25)(H,24,26). The number of carbonyl (C=O) groups excluding carboxylic acids is 1. The molecule has 1 aromatic heterocycles. The Labute approximate surface area is 165 Å². The number of nitrogens with one attached hydrogen (secondary N) is 2. The molecule has 1 saturated heterocycles. The molecule has 0 spiro atoms. The van der Waals surface area contributed by atoms with E-state index in [9.17, 15) is 4.79 Å². The summed E-state index contributed by atoms with van der Waals surface area (Å²) in [6.45, 7) is 6.40. The number of nitrogens with zero attached hydrogens (tertiary/aromatic N) is 1. The number of hydrogen-bond acceptors (Lipinski definition) is 4. The van der Waals surface area contributed by atoms with Crippen LogP contribution in [0.2, 0.25) is 5.02 Å². The quantitative estimate of drug-likeness (QED) is 0.750. The molecule has 0 saturated carbocycles. The Kier molecular flexibility index (Phi) is 6.69. The predicted molar refractivity (Wildman–Crippen MR) is 109 cm³/mol. The first-order valence-corrected chi connectivity index (χ1v) is 9.79. The second-order valence-corrected chi connectivity index (χ2v) is 7.65. The lowest BCUT2D eigenvalue weighted by Gasteiger charge is -2.22. The van der Waals surface area contributed by atoms with Crippen LogP contribution in [0, 0.1) is 5.92 Å². The molecule has 2 heterocycles. The summed E-state index contributed by atoms with van der Waals surface area (Å²) in [5, 5.41) is 6.98. The van der Waals surface area contributed by atoms with Crippen LogP contribution in [-0.2, 0) is 4.74 Å². The van der Waals surface area contributed by atoms with Gasteiger partial charge in [-0.2, -0.15) is 0 Å². The third kappa shape index (κ3) is 5.44. The number of benzene rings is 1. The maximum atomic E-state index is 12.7. The first-order valence-electron chi connectivity index (χ1n) is 9.41. The van der Waals surface area contributed by atoms with Crippen LogP contribution in [-0.4, -0.2) is 30.6 Å². The molecule has 2 N–H and O–H groups in total. The minimum atomic E-state index is -0.0630. The smallest absolute Gasteiger partial charge is 0.253 e. The number of carbonyl (C=O) groups is 1. The van der Waals surface area contributed by atoms with Gasteiger partial charge in [0.2, 0.25) is 0 Å². The van der Waals surface area contributed by atoms with E-state index in [4.69, 9.17) is 16.3 Å². The molecule has 2 aromatic rings. The highest BCUT2D eigenvalue weighted by Gasteiger charge is 2.18. The molecular formula is C21H26ClN3O2. The van der Waals surface area contributed by atoms with Gasteiger partial charge in [-0.3, -0.25) is 4.79 Å². The Bertz CT molecular complexity index is 789. The van der Waals surface area contributed by atoms with E-state index in [1.165, 1.54) is 0 Å². The van der Waals surface area contributed by atoms with Crippen LogP contribution >= 0.6 is 11.6 Å². The van der Waals surface area contributed by atoms with E-state index >= 15 is 0 Å². The van der Waals surface area contributed by atoms with Gasteiger partial charge in [-0.15, -0.1) is 0 Å². The van der Waals surface area contributed by atoms with Crippen molar-refractivity contribution < 1.29 is 9.53 Å². The van der Waals surface area contributed by atoms with E-state index in [0.717, 1.165) is 37.3 Å². The van der Waals surface area contributed by atoms with E-state index in [2.05, 4.69) is 29.5 Å². The van der Waals surface area contributed by atoms with Crippen molar-refractivity contribution in [1.82, 2.24) is 10.3 Å². The minimum Gasteiger partial charge on any atom is -0.381 e. The van der Waals surface area contributed by atoms with Gasteiger partial charge < -0.3 is 15.4 Å². The Morgan fingerprint density at radius 3 is 2.78 bits per heavy atom. The minimum absolute atomic E-state index is 0.0630. The molecule has 1 aliphatic heterocycles. The first-order chi connectivity index (χ1) is 13.0. The van der Waals surface area contributed by atoms with E-state index in [-0.39, 0.29) is 11.8 Å². The second kappa shape index (κ2) is 9.20. The fourth-order valence-corrected chi connectivity index (χ4v) is 3.39. The zero-order valence-corrected chi connectivity index (χ0v) is 16.6. The van der Waals surface area contributed by atoms with Gasteiger partial charge in [0.15, 0.2) is 0 Å². The number of pyridine rings is 1. The summed E-state index contributed by atoms with van der Waals surface area (Å²) in [6.07, 6.45) is 3.65. The lowest BCUT2D eigenvalue weighted by atomic mass is 9.97. The number of hydrogen-bond donors (Lipinski definition) is 2. The maximum absolute atomic E-state index is 12.7. The monoisotopic (exact) mass is 387 g/mol. The topological polar surface area (TPSA) is 63.2 Å². The largest absolute Gasteiger partial charge is 0.381 e. The van der Waals surface area contributed by atoms with Crippen LogP contribution in [0.1, 0.15) is 48.5 Å². The molecule has 0 aliphatic carbocycles. The molecule has 0 atom stereocenters. The van der Waals surface area contributed by atoms with Crippen LogP contribution < -0.4 is 10.6 Å². The number of rotatable bonds is 6. The zero-order valence-electron chi connectivity index (χ0n) is 15.8. The maximum Gasteiger partial charge on any atom is 0.253 e. The summed E-state index contributed by atoms with van der Waals surface area (Å²) >= 11 is 6.04. The van der Waals surface area contributed by atoms with Gasteiger partial charge in [-0.05, 0) is 54.5 Å². The van der Waals surface area contributed by atoms with Crippen molar-refractivity contribution >= 4 is 29.0 Å². The lowest BCUT2D eigenvalue weighted by molar-refractivity contribution is 0.0642. The second-order valence-electron chi connectivity index (χ2n) is 7.21. The number of anilines is 2. The zero-order chi connectivity index (χ0) is 19.2. The third-order valence-electron chi connectivity index (χ3n) is 4.79. The summed E-state index contributed by atoms with van der Waals surface area (Å²) in [6, 6.07) is 9.41. The Morgan fingerprint density at radius 1 is 1.30 bits per heavy atom. The van der Waals surface area contributed by atoms with Gasteiger partial charge in [0, 0.05) is 36.7 Å². The fraction of sp³-hybridized carbons (Fsp3) is 0.429. The molecule has 3 rings (SSSR count). The number of halogens is 1. The molecule has 27 heavy (non-hydrogen) atoms. The summed E-state index contributed by atoms with van der Waals surface area (Å²) in [5.41, 5.74) is 2.47. The molecule has 1 aromatic carbocycles. The van der Waals surface area contributed by atoms with Crippen LogP contribution in [0.3, 0.4) is 0 Å². The lowest BCUT2D eigenvalue weighted by Crippen LogP contribution is -2.32. The van der Waals surface area contributed by atoms with Crippen molar-refractivity contribution in [2.75, 3.05) is 25.1 Å². The predicted octanol–water partition coefficient (Wildman–Crippen LogP) is 4.76. The average molecular weight is 388 g/mol. The molecule has 1 fully saturated rings. The van der Waals surface area contributed by atoms with Crippen molar-refractivity contribution in [3.8, 4) is 0 Å². The van der Waals surface area contributed by atoms with Crippen LogP contribution in [0.15, 0.2) is 36.5 Å². The number of amides is 1. The van der Waals surface area contributed by atoms with Crippen LogP contribution in [0.4, 0.5) is 11.5 Å². The molecule has 0 bridgehead atoms. The molecule has 1 amide bonds. The highest BCUT2D eigenvalue weighted by atomic mass is 35.5. The highest BCUT2D eigenvalue weighted by molar-refractivity contribution is 6.30. The van der Waals surface area contributed by atoms with Crippen molar-refractivity contribution in [2.24, 2.45) is 5.92 Å². The number of aromatic nitrogens is 1. The SMILES string of the molecule is CC(C)c1cc(Nc2cccc(Cl)c2)ncc1C(=O)NCC1CCOCC1. The van der Waals surface area contributed by atoms with Crippen molar-refractivity contribution in [2.45, 2.75) is 32.6 Å². The normalized spacial score (nSPS) is 15.0. The molecule has 0 unspecified atom stereocenters. The van der Waals surface area contributed by atoms with Gasteiger partial charge in [-0.25, -0.2) is 4.98 Å². The molecule has 0 radical (unpaired) electrons. The van der Waals surface area contributed by atoms with Gasteiger partial charge in [0.1, 0.15) is 5.82 Å². The molecule has 1 aliphatic rings. The van der Waals surface area contributed by atoms with Crippen LogP contribution in [0.25, 0.3) is 0 Å². The average Bonchev–Trinajstić information content (AvgIpc) is 2.67. The van der Waals surface area contributed by atoms with Crippen LogP contribution in [0.5, 0.6) is 0 Å². The molecule has 5 nitrogen and oxygen atoms in total. The van der Waals surface area contributed by atoms with Gasteiger partial charge in [0.25, 0.3) is 5.91 Å². The summed E-state index contributed by atoms with van der Waals surface area (Å²) in [7, 11) is 0. The van der Waals surface area contributed by atoms with E-state index in [0.29, 0.717) is 28.9 Å². The summed E-state index contributed by atoms with van der Waals surface area (Å²) < 4.78 is 5.37. The van der Waals surface area contributed by atoms with Gasteiger partial charge in [0.05, 0.1) is 5.56 Å². The summed E-state index contributed by atoms with van der Waals surface area (Å²) in [4.78, 5) is 17.1. The molecular weight excluding hydrogens is 362 g/mol. The Morgan fingerprint density at radius 2 is 2.07 bits per heavy atom. The van der Waals surface area contributed by atoms with Gasteiger partial charge >= 0.3 is 0 Å². The highest BCUT2D eigenvalue weighted by Crippen LogP contribution is 2.25. The summed E-state index contributed by atoms with van der Waals surface area (Å²) in [5.74, 6) is 1.33. The van der Waals surface area contributed by atoms with E-state index in [1.807, 2.05) is 30.3 Å². The van der Waals surface area contributed by atoms with Gasteiger partial charge in [-0.1, -0.05) is 31.5 Å². The molecule has 144 valence electrons. The van der Waals surface area contributed by atoms with Crippen molar-refractivity contribution in [3.63, 3.8) is 0 Å². The Hall–Kier alpha value is -2.11.